The Bertz CT molecular complexity index is 592. The second-order valence-electron chi connectivity index (χ2n) is 5.35. The second kappa shape index (κ2) is 6.14. The number of rotatable bonds is 3. The van der Waals surface area contributed by atoms with E-state index in [9.17, 15) is 9.50 Å². The fourth-order valence-corrected chi connectivity index (χ4v) is 2.69. The summed E-state index contributed by atoms with van der Waals surface area (Å²) in [4.78, 5) is 4.52. The summed E-state index contributed by atoms with van der Waals surface area (Å²) in [7, 11) is 0. The molecule has 0 unspecified atom stereocenters. The van der Waals surface area contributed by atoms with E-state index in [2.05, 4.69) is 9.80 Å². The lowest BCUT2D eigenvalue weighted by molar-refractivity contribution is 0.246. The monoisotopic (exact) mass is 285 g/mol. The molecule has 109 valence electrons. The number of piperazine rings is 1. The van der Waals surface area contributed by atoms with Crippen LogP contribution < -0.4 is 4.90 Å². The van der Waals surface area contributed by atoms with Gasteiger partial charge in [0.2, 0.25) is 0 Å². The topological polar surface area (TPSA) is 26.4 Å². The lowest BCUT2D eigenvalue weighted by atomic mass is 10.1. The van der Waals surface area contributed by atoms with Crippen molar-refractivity contribution in [3.63, 3.8) is 0 Å². The minimum atomic E-state index is -0.133. The van der Waals surface area contributed by atoms with E-state index in [4.69, 9.17) is 0 Å². The predicted molar refractivity (Wildman–Crippen MR) is 80.5 cm³/mol. The van der Waals surface area contributed by atoms with Crippen LogP contribution >= 0.6 is 0 Å². The molecule has 1 radical (unpaired) electrons. The third kappa shape index (κ3) is 3.34. The Morgan fingerprint density at radius 2 is 1.57 bits per heavy atom. The molecule has 2 aromatic carbocycles. The van der Waals surface area contributed by atoms with Crippen molar-refractivity contribution in [2.75, 3.05) is 31.1 Å². The Kier molecular flexibility index (Phi) is 4.06. The highest BCUT2D eigenvalue weighted by molar-refractivity contribution is 5.49. The molecule has 3 rings (SSSR count). The Hall–Kier alpha value is -2.07. The van der Waals surface area contributed by atoms with Crippen LogP contribution in [0.25, 0.3) is 0 Å². The van der Waals surface area contributed by atoms with Crippen molar-refractivity contribution in [2.45, 2.75) is 6.54 Å². The van der Waals surface area contributed by atoms with Crippen molar-refractivity contribution < 1.29 is 9.50 Å². The van der Waals surface area contributed by atoms with Crippen molar-refractivity contribution in [2.24, 2.45) is 0 Å². The molecule has 1 fully saturated rings. The number of halogens is 1. The van der Waals surface area contributed by atoms with Crippen LogP contribution in [0.1, 0.15) is 5.56 Å². The number of anilines is 1. The summed E-state index contributed by atoms with van der Waals surface area (Å²) in [5, 5.41) is 11.1. The van der Waals surface area contributed by atoms with Crippen LogP contribution in [0.2, 0.25) is 0 Å². The van der Waals surface area contributed by atoms with E-state index in [-0.39, 0.29) is 11.6 Å². The first-order valence-electron chi connectivity index (χ1n) is 7.20. The van der Waals surface area contributed by atoms with Gasteiger partial charge >= 0.3 is 0 Å². The van der Waals surface area contributed by atoms with Gasteiger partial charge < -0.3 is 4.90 Å². The van der Waals surface area contributed by atoms with E-state index in [0.717, 1.165) is 37.4 Å². The van der Waals surface area contributed by atoms with Gasteiger partial charge in [-0.1, -0.05) is 18.2 Å². The van der Waals surface area contributed by atoms with Crippen LogP contribution in [0, 0.1) is 5.82 Å². The van der Waals surface area contributed by atoms with Crippen LogP contribution in [0.5, 0.6) is 5.75 Å². The van der Waals surface area contributed by atoms with E-state index in [1.807, 2.05) is 24.3 Å². The maximum absolute atomic E-state index is 13.7. The molecule has 0 amide bonds. The highest BCUT2D eigenvalue weighted by Crippen LogP contribution is 2.21. The smallest absolute Gasteiger partial charge is 0.178 e. The summed E-state index contributed by atoms with van der Waals surface area (Å²) in [6.07, 6.45) is 0. The average molecular weight is 285 g/mol. The number of nitrogens with zero attached hydrogens (tertiary/aromatic N) is 2. The van der Waals surface area contributed by atoms with Crippen molar-refractivity contribution in [1.29, 1.82) is 0 Å². The summed E-state index contributed by atoms with van der Waals surface area (Å²) < 4.78 is 13.7. The minimum absolute atomic E-state index is 0.0388. The normalized spacial score (nSPS) is 16.1. The van der Waals surface area contributed by atoms with Gasteiger partial charge in [-0.05, 0) is 30.3 Å². The average Bonchev–Trinajstić information content (AvgIpc) is 2.51. The molecule has 2 aromatic rings. The molecular formula is C17H18FN2O. The summed E-state index contributed by atoms with van der Waals surface area (Å²) in [6.45, 7) is 4.24. The van der Waals surface area contributed by atoms with Gasteiger partial charge in [0.25, 0.3) is 0 Å². The Balaban J connectivity index is 1.58. The molecular weight excluding hydrogens is 267 g/mol. The standard InChI is InChI=1S/C17H18FN2O/c18-17-4-2-1-3-14(17)13-19-9-11-20(12-10-19)15-5-7-16(21)8-6-15/h1-8H,9-13H2. The zero-order valence-corrected chi connectivity index (χ0v) is 11.8. The molecule has 1 aliphatic heterocycles. The highest BCUT2D eigenvalue weighted by Gasteiger charge is 2.18. The first-order chi connectivity index (χ1) is 10.2. The Morgan fingerprint density at radius 1 is 0.905 bits per heavy atom. The molecule has 1 saturated heterocycles. The molecule has 0 spiro atoms. The third-order valence-electron chi connectivity index (χ3n) is 3.93. The van der Waals surface area contributed by atoms with Crippen molar-refractivity contribution in [3.05, 3.63) is 59.9 Å². The van der Waals surface area contributed by atoms with E-state index in [1.54, 1.807) is 18.2 Å². The van der Waals surface area contributed by atoms with Crippen LogP contribution in [-0.2, 0) is 11.7 Å². The molecule has 4 heteroatoms. The molecule has 1 heterocycles. The summed E-state index contributed by atoms with van der Waals surface area (Å²) in [6, 6.07) is 13.9. The van der Waals surface area contributed by atoms with Gasteiger partial charge in [-0.2, -0.15) is 0 Å². The fraction of sp³-hybridized carbons (Fsp3) is 0.294. The molecule has 0 aliphatic carbocycles. The van der Waals surface area contributed by atoms with Crippen LogP contribution in [0.3, 0.4) is 0 Å². The molecule has 1 aliphatic rings. The van der Waals surface area contributed by atoms with Crippen molar-refractivity contribution >= 4 is 5.69 Å². The van der Waals surface area contributed by atoms with Crippen LogP contribution in [0.15, 0.2) is 48.5 Å². The zero-order chi connectivity index (χ0) is 14.7. The highest BCUT2D eigenvalue weighted by atomic mass is 19.1. The lowest BCUT2D eigenvalue weighted by Gasteiger charge is -2.36. The van der Waals surface area contributed by atoms with Gasteiger partial charge in [0.05, 0.1) is 0 Å². The Labute approximate surface area is 124 Å². The summed E-state index contributed by atoms with van der Waals surface area (Å²) in [5.74, 6) is -0.0945. The number of hydrogen-bond donors (Lipinski definition) is 0. The van der Waals surface area contributed by atoms with E-state index < -0.39 is 0 Å². The minimum Gasteiger partial charge on any atom is -0.369 e. The fourth-order valence-electron chi connectivity index (χ4n) is 2.69. The van der Waals surface area contributed by atoms with Gasteiger partial charge in [0, 0.05) is 44.0 Å². The number of benzene rings is 2. The Morgan fingerprint density at radius 3 is 2.24 bits per heavy atom. The van der Waals surface area contributed by atoms with Gasteiger partial charge in [-0.15, -0.1) is 0 Å². The second-order valence-corrected chi connectivity index (χ2v) is 5.35. The molecule has 0 bridgehead atoms. The molecule has 0 aromatic heterocycles. The van der Waals surface area contributed by atoms with E-state index in [0.29, 0.717) is 6.54 Å². The molecule has 0 saturated carbocycles. The number of hydrogen-bond acceptors (Lipinski definition) is 2. The van der Waals surface area contributed by atoms with Gasteiger partial charge in [0.15, 0.2) is 5.75 Å². The molecule has 21 heavy (non-hydrogen) atoms. The van der Waals surface area contributed by atoms with Crippen molar-refractivity contribution in [1.82, 2.24) is 4.90 Å². The van der Waals surface area contributed by atoms with Crippen LogP contribution in [-0.4, -0.2) is 31.1 Å². The molecule has 0 atom stereocenters. The lowest BCUT2D eigenvalue weighted by Crippen LogP contribution is -2.46. The molecule has 3 nitrogen and oxygen atoms in total. The quantitative estimate of drug-likeness (QED) is 0.865. The SMILES string of the molecule is [O]c1ccc(N2CCN(Cc3ccccc3F)CC2)cc1. The van der Waals surface area contributed by atoms with Gasteiger partial charge in [0.1, 0.15) is 5.82 Å². The first kappa shape index (κ1) is 13.9. The zero-order valence-electron chi connectivity index (χ0n) is 11.8. The molecule has 0 N–H and O–H groups in total. The third-order valence-corrected chi connectivity index (χ3v) is 3.93. The van der Waals surface area contributed by atoms with E-state index in [1.165, 1.54) is 6.07 Å². The van der Waals surface area contributed by atoms with Gasteiger partial charge in [-0.25, -0.2) is 4.39 Å². The maximum atomic E-state index is 13.7. The summed E-state index contributed by atoms with van der Waals surface area (Å²) in [5.41, 5.74) is 1.83. The largest absolute Gasteiger partial charge is 0.369 e. The van der Waals surface area contributed by atoms with Gasteiger partial charge in [-0.3, -0.25) is 10.0 Å². The maximum Gasteiger partial charge on any atom is 0.178 e. The first-order valence-corrected chi connectivity index (χ1v) is 7.20. The predicted octanol–water partition coefficient (Wildman–Crippen LogP) is 3.29. The van der Waals surface area contributed by atoms with E-state index >= 15 is 0 Å². The van der Waals surface area contributed by atoms with Crippen LogP contribution in [0.4, 0.5) is 10.1 Å². The summed E-state index contributed by atoms with van der Waals surface area (Å²) >= 11 is 0. The van der Waals surface area contributed by atoms with Crippen molar-refractivity contribution in [3.8, 4) is 5.75 Å².